The molecule has 12 N–H and O–H groups in total. The second-order valence-corrected chi connectivity index (χ2v) is 22.0. The van der Waals surface area contributed by atoms with Crippen LogP contribution >= 0.6 is 14.7 Å². The van der Waals surface area contributed by atoms with Gasteiger partial charge in [-0.15, -0.1) is 0 Å². The van der Waals surface area contributed by atoms with E-state index in [1.165, 1.54) is 0 Å². The van der Waals surface area contributed by atoms with E-state index in [1.54, 1.807) is 13.8 Å². The first-order valence-electron chi connectivity index (χ1n) is 20.6. The molecule has 4 amide bonds. The van der Waals surface area contributed by atoms with E-state index < -0.39 is 68.7 Å². The average Bonchev–Trinajstić information content (AvgIpc) is 3.13. The average molecular weight is 839 g/mol. The van der Waals surface area contributed by atoms with Gasteiger partial charge < -0.3 is 52.7 Å². The molecule has 0 aromatic heterocycles. The zero-order chi connectivity index (χ0) is 41.3. The standard InChI is InChI=1S/C38H74N6O9P2.H2O/c1-7-27(6)35(44-37(48)34(40)26(4)5)38(49)42-19-31(24-54(50,51)21-28-14-10-8-11-15-28)53-55(52,22-29-16-12-9-13-17-29)23-30(45)18-41-32(46)20-43-36(47)33(39)25(2)3;/h25-31,33-35,45H,7-24,39-40H2,1-6H3,(H,41,46)(H,42,49)(H,43,47)(H,44,48)(H,50,51);1H2/t27?,30-,31-,33+,34+,35-,55?;/m1./s1. The fourth-order valence-corrected chi connectivity index (χ4v) is 12.6. The molecule has 0 bridgehead atoms. The van der Waals surface area contributed by atoms with E-state index >= 15 is 0 Å². The predicted octanol–water partition coefficient (Wildman–Crippen LogP) is 2.46. The molecule has 8 atom stereocenters. The minimum absolute atomic E-state index is 0. The fraction of sp³-hybridized carbons (Fsp3) is 0.895. The largest absolute Gasteiger partial charge is 0.412 e. The molecular formula is C38H76N6O10P2. The van der Waals surface area contributed by atoms with E-state index in [9.17, 15) is 38.3 Å². The van der Waals surface area contributed by atoms with Gasteiger partial charge in [-0.25, -0.2) is 0 Å². The quantitative estimate of drug-likeness (QED) is 0.0654. The van der Waals surface area contributed by atoms with Gasteiger partial charge in [-0.1, -0.05) is 86.5 Å². The van der Waals surface area contributed by atoms with E-state index in [-0.39, 0.29) is 79.3 Å². The van der Waals surface area contributed by atoms with Crippen LogP contribution in [0.5, 0.6) is 0 Å². The van der Waals surface area contributed by atoms with Crippen LogP contribution in [0.25, 0.3) is 0 Å². The Hall–Kier alpha value is -1.90. The van der Waals surface area contributed by atoms with Crippen molar-refractivity contribution < 1.29 is 48.3 Å². The summed E-state index contributed by atoms with van der Waals surface area (Å²) in [5.41, 5.74) is 11.9. The molecule has 3 unspecified atom stereocenters. The molecule has 56 heavy (non-hydrogen) atoms. The smallest absolute Gasteiger partial charge is 0.242 e. The van der Waals surface area contributed by atoms with Gasteiger partial charge in [0, 0.05) is 25.4 Å². The van der Waals surface area contributed by atoms with Crippen molar-refractivity contribution in [2.45, 2.75) is 143 Å². The molecule has 0 saturated heterocycles. The normalized spacial score (nSPS) is 20.9. The molecule has 18 heteroatoms. The SMILES string of the molecule is CCC(C)[C@@H](NC(=O)[C@@H](N)C(C)C)C(=O)NC[C@H](CP(=O)(O)CC1CCCCC1)OP(=O)(CC1CCCCC1)C[C@H](O)CNC(=O)CNC(=O)[C@@H](N)C(C)C.O. The Morgan fingerprint density at radius 2 is 1.25 bits per heavy atom. The van der Waals surface area contributed by atoms with Crippen LogP contribution in [0, 0.1) is 29.6 Å². The van der Waals surface area contributed by atoms with E-state index in [2.05, 4.69) is 21.3 Å². The zero-order valence-electron chi connectivity index (χ0n) is 34.8. The van der Waals surface area contributed by atoms with Gasteiger partial charge in [-0.2, -0.15) is 0 Å². The Morgan fingerprint density at radius 3 is 1.77 bits per heavy atom. The molecule has 2 fully saturated rings. The number of rotatable bonds is 24. The predicted molar refractivity (Wildman–Crippen MR) is 221 cm³/mol. The van der Waals surface area contributed by atoms with Gasteiger partial charge in [0.1, 0.15) is 6.04 Å². The molecule has 2 saturated carbocycles. The molecule has 16 nitrogen and oxygen atoms in total. The summed E-state index contributed by atoms with van der Waals surface area (Å²) in [4.78, 5) is 62.7. The Bertz CT molecular complexity index is 1310. The van der Waals surface area contributed by atoms with E-state index in [0.29, 0.717) is 6.42 Å². The third-order valence-corrected chi connectivity index (χ3v) is 15.9. The minimum Gasteiger partial charge on any atom is -0.412 e. The van der Waals surface area contributed by atoms with Crippen molar-refractivity contribution in [3.8, 4) is 0 Å². The summed E-state index contributed by atoms with van der Waals surface area (Å²) in [6.07, 6.45) is 7.15. The number of amides is 4. The molecule has 0 heterocycles. The molecule has 328 valence electrons. The molecule has 2 aliphatic carbocycles. The number of hydrogen-bond donors (Lipinski definition) is 8. The number of nitrogens with one attached hydrogen (secondary N) is 4. The van der Waals surface area contributed by atoms with Crippen molar-refractivity contribution >= 4 is 38.4 Å². The van der Waals surface area contributed by atoms with Crippen molar-refractivity contribution in [3.63, 3.8) is 0 Å². The second kappa shape index (κ2) is 25.6. The van der Waals surface area contributed by atoms with Crippen molar-refractivity contribution in [1.82, 2.24) is 21.3 Å². The number of aliphatic hydroxyl groups is 1. The maximum atomic E-state index is 14.9. The Balaban J connectivity index is 0.0000157. The summed E-state index contributed by atoms with van der Waals surface area (Å²) in [5.74, 6) is -2.42. The first kappa shape index (κ1) is 52.1. The van der Waals surface area contributed by atoms with Gasteiger partial charge in [0.05, 0.1) is 43.2 Å². The van der Waals surface area contributed by atoms with Crippen molar-refractivity contribution in [2.24, 2.45) is 41.1 Å². The number of aliphatic hydroxyl groups excluding tert-OH is 1. The molecule has 0 aromatic rings. The van der Waals surface area contributed by atoms with Crippen LogP contribution < -0.4 is 32.7 Å². The third kappa shape index (κ3) is 19.2. The highest BCUT2D eigenvalue weighted by Gasteiger charge is 2.38. The number of carbonyl (C=O) groups excluding carboxylic acids is 4. The van der Waals surface area contributed by atoms with E-state index in [4.69, 9.17) is 16.0 Å². The van der Waals surface area contributed by atoms with Gasteiger partial charge in [0.25, 0.3) is 0 Å². The molecule has 2 aliphatic rings. The Labute approximate surface area is 335 Å². The van der Waals surface area contributed by atoms with Crippen LogP contribution in [0.15, 0.2) is 0 Å². The van der Waals surface area contributed by atoms with E-state index in [1.807, 2.05) is 27.7 Å². The highest BCUT2D eigenvalue weighted by molar-refractivity contribution is 7.59. The van der Waals surface area contributed by atoms with Gasteiger partial charge >= 0.3 is 0 Å². The van der Waals surface area contributed by atoms with Gasteiger partial charge in [0.15, 0.2) is 0 Å². The third-order valence-electron chi connectivity index (χ3n) is 11.1. The first-order chi connectivity index (χ1) is 25.8. The topological polar surface area (TPSA) is 284 Å². The Morgan fingerprint density at radius 1 is 0.732 bits per heavy atom. The fourth-order valence-electron chi connectivity index (χ4n) is 7.34. The lowest BCUT2D eigenvalue weighted by Crippen LogP contribution is -2.56. The molecular weight excluding hydrogens is 762 g/mol. The maximum Gasteiger partial charge on any atom is 0.242 e. The highest BCUT2D eigenvalue weighted by Crippen LogP contribution is 2.54. The summed E-state index contributed by atoms with van der Waals surface area (Å²) < 4.78 is 35.1. The van der Waals surface area contributed by atoms with E-state index in [0.717, 1.165) is 64.2 Å². The van der Waals surface area contributed by atoms with Crippen LogP contribution in [0.2, 0.25) is 0 Å². The zero-order valence-corrected chi connectivity index (χ0v) is 36.6. The van der Waals surface area contributed by atoms with Crippen LogP contribution in [-0.4, -0.2) is 114 Å². The van der Waals surface area contributed by atoms with Crippen LogP contribution in [0.4, 0.5) is 0 Å². The molecule has 2 rings (SSSR count). The van der Waals surface area contributed by atoms with Gasteiger partial charge in [0.2, 0.25) is 38.4 Å². The lowest BCUT2D eigenvalue weighted by Gasteiger charge is -2.33. The van der Waals surface area contributed by atoms with Crippen LogP contribution in [-0.2, 0) is 32.8 Å². The second-order valence-electron chi connectivity index (χ2n) is 17.0. The highest BCUT2D eigenvalue weighted by atomic mass is 31.2. The summed E-state index contributed by atoms with van der Waals surface area (Å²) in [6, 6.07) is -2.53. The summed E-state index contributed by atoms with van der Waals surface area (Å²) in [7, 11) is -7.59. The molecule has 0 aromatic carbocycles. The Kier molecular flexibility index (Phi) is 23.8. The van der Waals surface area contributed by atoms with Gasteiger partial charge in [-0.3, -0.25) is 28.3 Å². The first-order valence-corrected chi connectivity index (χ1v) is 24.7. The van der Waals surface area contributed by atoms with Crippen LogP contribution in [0.1, 0.15) is 112 Å². The number of nitrogens with two attached hydrogens (primary N) is 2. The van der Waals surface area contributed by atoms with Crippen molar-refractivity contribution in [2.75, 3.05) is 44.3 Å². The van der Waals surface area contributed by atoms with Crippen LogP contribution in [0.3, 0.4) is 0 Å². The number of carbonyl (C=O) groups is 4. The summed E-state index contributed by atoms with van der Waals surface area (Å²) in [5, 5.41) is 21.7. The maximum absolute atomic E-state index is 14.9. The molecule has 0 spiro atoms. The molecule has 0 aliphatic heterocycles. The van der Waals surface area contributed by atoms with Crippen molar-refractivity contribution in [3.05, 3.63) is 0 Å². The van der Waals surface area contributed by atoms with Gasteiger partial charge in [-0.05, 0) is 55.3 Å². The lowest BCUT2D eigenvalue weighted by atomic mass is 9.91. The lowest BCUT2D eigenvalue weighted by molar-refractivity contribution is -0.131. The summed E-state index contributed by atoms with van der Waals surface area (Å²) in [6.45, 7) is 10.1. The number of hydrogen-bond acceptors (Lipinski definition) is 10. The van der Waals surface area contributed by atoms with Crippen molar-refractivity contribution in [1.29, 1.82) is 0 Å². The summed E-state index contributed by atoms with van der Waals surface area (Å²) >= 11 is 0. The monoisotopic (exact) mass is 839 g/mol. The molecule has 0 radical (unpaired) electrons. The minimum atomic E-state index is -3.84.